The van der Waals surface area contributed by atoms with Gasteiger partial charge in [-0.3, -0.25) is 9.59 Å². The highest BCUT2D eigenvalue weighted by atomic mass is 35.5. The molecule has 0 unspecified atom stereocenters. The number of nitrogens with one attached hydrogen (secondary N) is 1. The van der Waals surface area contributed by atoms with Crippen LogP contribution in [0.25, 0.3) is 0 Å². The summed E-state index contributed by atoms with van der Waals surface area (Å²) in [7, 11) is 1.57. The lowest BCUT2D eigenvalue weighted by molar-refractivity contribution is -0.142. The molecule has 3 rings (SSSR count). The van der Waals surface area contributed by atoms with Crippen molar-refractivity contribution in [3.63, 3.8) is 0 Å². The summed E-state index contributed by atoms with van der Waals surface area (Å²) in [6, 6.07) is 23.7. The number of para-hydroxylation sites is 1. The molecule has 0 bridgehead atoms. The van der Waals surface area contributed by atoms with E-state index in [1.807, 2.05) is 79.7 Å². The normalized spacial score (nSPS) is 11.5. The quantitative estimate of drug-likeness (QED) is 0.525. The van der Waals surface area contributed by atoms with Crippen LogP contribution in [0.3, 0.4) is 0 Å². The van der Waals surface area contributed by atoms with Crippen LogP contribution in [0.2, 0.25) is 5.02 Å². The lowest BCUT2D eigenvalue weighted by Gasteiger charge is -2.31. The van der Waals surface area contributed by atoms with Gasteiger partial charge in [-0.05, 0) is 35.7 Å². The molecule has 0 aliphatic heterocycles. The predicted molar refractivity (Wildman–Crippen MR) is 127 cm³/mol. The molecule has 2 amide bonds. The molecule has 1 atom stereocenters. The zero-order chi connectivity index (χ0) is 22.9. The highest BCUT2D eigenvalue weighted by Gasteiger charge is 2.30. The number of likely N-dealkylation sites (N-methyl/N-ethyl adjacent to an activating group) is 1. The van der Waals surface area contributed by atoms with Crippen molar-refractivity contribution >= 4 is 23.4 Å². The number of aryl methyl sites for hydroxylation is 1. The molecule has 0 saturated carbocycles. The van der Waals surface area contributed by atoms with E-state index in [0.717, 1.165) is 16.7 Å². The second-order valence-electron chi connectivity index (χ2n) is 7.49. The fraction of sp³-hybridized carbons (Fsp3) is 0.231. The molecular weight excluding hydrogens is 424 g/mol. The SMILES string of the molecule is CNC(=O)[C@H](Cc1ccccc1)N(Cc1ccccc1Cl)C(=O)COc1ccccc1C. The Hall–Kier alpha value is -3.31. The molecule has 5 nitrogen and oxygen atoms in total. The minimum Gasteiger partial charge on any atom is -0.484 e. The molecule has 0 aliphatic rings. The number of benzene rings is 3. The highest BCUT2D eigenvalue weighted by molar-refractivity contribution is 6.31. The van der Waals surface area contributed by atoms with Crippen LogP contribution in [-0.2, 0) is 22.6 Å². The predicted octanol–water partition coefficient (Wildman–Crippen LogP) is 4.41. The number of carbonyl (C=O) groups excluding carboxylic acids is 2. The van der Waals surface area contributed by atoms with Crippen molar-refractivity contribution in [3.05, 3.63) is 101 Å². The summed E-state index contributed by atoms with van der Waals surface area (Å²) in [6.45, 7) is 1.93. The second kappa shape index (κ2) is 11.3. The average Bonchev–Trinajstić information content (AvgIpc) is 2.82. The lowest BCUT2D eigenvalue weighted by Crippen LogP contribution is -2.51. The third kappa shape index (κ3) is 6.11. The Morgan fingerprint density at radius 1 is 0.969 bits per heavy atom. The summed E-state index contributed by atoms with van der Waals surface area (Å²) in [4.78, 5) is 27.8. The third-order valence-corrected chi connectivity index (χ3v) is 5.63. The van der Waals surface area contributed by atoms with E-state index < -0.39 is 6.04 Å². The Bertz CT molecular complexity index is 1060. The molecular formula is C26H27ClN2O3. The maximum Gasteiger partial charge on any atom is 0.261 e. The van der Waals surface area contributed by atoms with E-state index in [2.05, 4.69) is 5.32 Å². The van der Waals surface area contributed by atoms with Gasteiger partial charge in [0.05, 0.1) is 0 Å². The first kappa shape index (κ1) is 23.4. The number of rotatable bonds is 9. The molecule has 0 saturated heterocycles. The fourth-order valence-corrected chi connectivity index (χ4v) is 3.67. The third-order valence-electron chi connectivity index (χ3n) is 5.26. The van der Waals surface area contributed by atoms with Crippen molar-refractivity contribution < 1.29 is 14.3 Å². The molecule has 1 N–H and O–H groups in total. The van der Waals surface area contributed by atoms with Crippen LogP contribution < -0.4 is 10.1 Å². The molecule has 32 heavy (non-hydrogen) atoms. The van der Waals surface area contributed by atoms with Gasteiger partial charge in [-0.1, -0.05) is 78.3 Å². The number of hydrogen-bond acceptors (Lipinski definition) is 3. The molecule has 3 aromatic carbocycles. The maximum absolute atomic E-state index is 13.4. The first-order chi connectivity index (χ1) is 15.5. The molecule has 0 spiro atoms. The van der Waals surface area contributed by atoms with Crippen LogP contribution in [0.5, 0.6) is 5.75 Å². The summed E-state index contributed by atoms with van der Waals surface area (Å²) in [6.07, 6.45) is 0.376. The largest absolute Gasteiger partial charge is 0.484 e. The highest BCUT2D eigenvalue weighted by Crippen LogP contribution is 2.21. The van der Waals surface area contributed by atoms with E-state index >= 15 is 0 Å². The molecule has 0 fully saturated rings. The Morgan fingerprint density at radius 2 is 1.62 bits per heavy atom. The van der Waals surface area contributed by atoms with Crippen molar-refractivity contribution in [3.8, 4) is 5.75 Å². The van der Waals surface area contributed by atoms with Crippen LogP contribution >= 0.6 is 11.6 Å². The minimum absolute atomic E-state index is 0.183. The van der Waals surface area contributed by atoms with Gasteiger partial charge < -0.3 is 15.0 Å². The van der Waals surface area contributed by atoms with Gasteiger partial charge in [-0.15, -0.1) is 0 Å². The van der Waals surface area contributed by atoms with Gasteiger partial charge >= 0.3 is 0 Å². The zero-order valence-corrected chi connectivity index (χ0v) is 19.0. The smallest absolute Gasteiger partial charge is 0.261 e. The van der Waals surface area contributed by atoms with Crippen LogP contribution in [0.15, 0.2) is 78.9 Å². The van der Waals surface area contributed by atoms with Crippen molar-refractivity contribution in [2.75, 3.05) is 13.7 Å². The Balaban J connectivity index is 1.89. The Morgan fingerprint density at radius 3 is 2.31 bits per heavy atom. The molecule has 3 aromatic rings. The molecule has 0 aliphatic carbocycles. The lowest BCUT2D eigenvalue weighted by atomic mass is 10.0. The Kier molecular flexibility index (Phi) is 8.28. The van der Waals surface area contributed by atoms with E-state index in [1.165, 1.54) is 0 Å². The summed E-state index contributed by atoms with van der Waals surface area (Å²) in [5.74, 6) is 0.0981. The minimum atomic E-state index is -0.716. The Labute approximate surface area is 194 Å². The van der Waals surface area contributed by atoms with Gasteiger partial charge in [0.2, 0.25) is 5.91 Å². The molecule has 0 aromatic heterocycles. The van der Waals surface area contributed by atoms with Crippen LogP contribution in [0.1, 0.15) is 16.7 Å². The van der Waals surface area contributed by atoms with Crippen molar-refractivity contribution in [2.45, 2.75) is 25.9 Å². The number of nitrogens with zero attached hydrogens (tertiary/aromatic N) is 1. The van der Waals surface area contributed by atoms with Gasteiger partial charge in [0.15, 0.2) is 6.61 Å². The van der Waals surface area contributed by atoms with E-state index in [1.54, 1.807) is 18.0 Å². The molecule has 0 heterocycles. The maximum atomic E-state index is 13.4. The van der Waals surface area contributed by atoms with E-state index in [-0.39, 0.29) is 25.0 Å². The van der Waals surface area contributed by atoms with Gasteiger partial charge in [0, 0.05) is 25.0 Å². The van der Waals surface area contributed by atoms with Crippen molar-refractivity contribution in [2.24, 2.45) is 0 Å². The zero-order valence-electron chi connectivity index (χ0n) is 18.3. The van der Waals surface area contributed by atoms with E-state index in [9.17, 15) is 9.59 Å². The van der Waals surface area contributed by atoms with Crippen LogP contribution in [0.4, 0.5) is 0 Å². The molecule has 0 radical (unpaired) electrons. The number of ether oxygens (including phenoxy) is 1. The van der Waals surface area contributed by atoms with Crippen molar-refractivity contribution in [1.82, 2.24) is 10.2 Å². The average molecular weight is 451 g/mol. The first-order valence-electron chi connectivity index (χ1n) is 10.5. The van der Waals surface area contributed by atoms with Gasteiger partial charge in [-0.2, -0.15) is 0 Å². The monoisotopic (exact) mass is 450 g/mol. The summed E-state index contributed by atoms with van der Waals surface area (Å²) >= 11 is 6.38. The van der Waals surface area contributed by atoms with E-state index in [0.29, 0.717) is 17.2 Å². The van der Waals surface area contributed by atoms with Gasteiger partial charge in [0.25, 0.3) is 5.91 Å². The van der Waals surface area contributed by atoms with E-state index in [4.69, 9.17) is 16.3 Å². The van der Waals surface area contributed by atoms with Crippen LogP contribution in [-0.4, -0.2) is 36.4 Å². The first-order valence-corrected chi connectivity index (χ1v) is 10.8. The molecule has 6 heteroatoms. The second-order valence-corrected chi connectivity index (χ2v) is 7.89. The fourth-order valence-electron chi connectivity index (χ4n) is 3.47. The summed E-state index contributed by atoms with van der Waals surface area (Å²) in [5.41, 5.74) is 2.66. The van der Waals surface area contributed by atoms with Gasteiger partial charge in [-0.25, -0.2) is 0 Å². The summed E-state index contributed by atoms with van der Waals surface area (Å²) in [5, 5.41) is 3.24. The number of carbonyl (C=O) groups is 2. The molecule has 166 valence electrons. The van der Waals surface area contributed by atoms with Crippen molar-refractivity contribution in [1.29, 1.82) is 0 Å². The topological polar surface area (TPSA) is 58.6 Å². The van der Waals surface area contributed by atoms with Crippen LogP contribution in [0, 0.1) is 6.92 Å². The summed E-state index contributed by atoms with van der Waals surface area (Å²) < 4.78 is 5.81. The standard InChI is InChI=1S/C26H27ClN2O3/c1-19-10-6-9-15-24(19)32-18-25(30)29(17-21-13-7-8-14-22(21)27)23(26(31)28-2)16-20-11-4-3-5-12-20/h3-15,23H,16-18H2,1-2H3,(H,28,31)/t23-/m0/s1. The van der Waals surface area contributed by atoms with Gasteiger partial charge in [0.1, 0.15) is 11.8 Å². The number of amides is 2. The number of hydrogen-bond donors (Lipinski definition) is 1. The number of halogens is 1.